The lowest BCUT2D eigenvalue weighted by atomic mass is 10.0. The van der Waals surface area contributed by atoms with Crippen LogP contribution < -0.4 is 0 Å². The number of nitrogens with zero attached hydrogens (tertiary/aromatic N) is 2. The molecule has 1 heterocycles. The summed E-state index contributed by atoms with van der Waals surface area (Å²) in [6.07, 6.45) is 7.61. The van der Waals surface area contributed by atoms with Gasteiger partial charge in [-0.3, -0.25) is 4.68 Å². The maximum Gasteiger partial charge on any atom is 0.117 e. The Balaban J connectivity index is 2.22. The van der Waals surface area contributed by atoms with Crippen LogP contribution in [-0.4, -0.2) is 14.9 Å². The van der Waals surface area contributed by atoms with Crippen molar-refractivity contribution in [3.63, 3.8) is 0 Å². The normalized spacial score (nSPS) is 18.6. The molecule has 1 aliphatic carbocycles. The SMILES string of the molecule is CCn1nc(C)cc1C(O)C1=CCCCCC1. The first kappa shape index (κ1) is 12.4. The van der Waals surface area contributed by atoms with Gasteiger partial charge in [-0.15, -0.1) is 0 Å². The second kappa shape index (κ2) is 5.50. The molecule has 1 unspecified atom stereocenters. The van der Waals surface area contributed by atoms with Crippen molar-refractivity contribution in [3.8, 4) is 0 Å². The van der Waals surface area contributed by atoms with Crippen LogP contribution in [0.5, 0.6) is 0 Å². The lowest BCUT2D eigenvalue weighted by Crippen LogP contribution is -2.10. The molecule has 0 saturated carbocycles. The first-order valence-corrected chi connectivity index (χ1v) is 6.63. The summed E-state index contributed by atoms with van der Waals surface area (Å²) in [7, 11) is 0. The fraction of sp³-hybridized carbons (Fsp3) is 0.643. The Labute approximate surface area is 103 Å². The summed E-state index contributed by atoms with van der Waals surface area (Å²) >= 11 is 0. The number of aromatic nitrogens is 2. The minimum atomic E-state index is -0.464. The van der Waals surface area contributed by atoms with Gasteiger partial charge in [0.05, 0.1) is 11.4 Å². The number of hydrogen-bond donors (Lipinski definition) is 1. The van der Waals surface area contributed by atoms with Crippen molar-refractivity contribution in [3.05, 3.63) is 29.1 Å². The lowest BCUT2D eigenvalue weighted by molar-refractivity contribution is 0.198. The highest BCUT2D eigenvalue weighted by Gasteiger charge is 2.19. The lowest BCUT2D eigenvalue weighted by Gasteiger charge is -2.15. The van der Waals surface area contributed by atoms with Crippen LogP contribution in [0.4, 0.5) is 0 Å². The van der Waals surface area contributed by atoms with Gasteiger partial charge in [-0.05, 0) is 51.2 Å². The van der Waals surface area contributed by atoms with Crippen molar-refractivity contribution >= 4 is 0 Å². The van der Waals surface area contributed by atoms with Crippen LogP contribution in [0.1, 0.15) is 56.5 Å². The van der Waals surface area contributed by atoms with E-state index in [0.717, 1.165) is 30.8 Å². The van der Waals surface area contributed by atoms with E-state index in [9.17, 15) is 5.11 Å². The third-order valence-electron chi connectivity index (χ3n) is 3.44. The minimum absolute atomic E-state index is 0.464. The van der Waals surface area contributed by atoms with Crippen molar-refractivity contribution in [1.82, 2.24) is 9.78 Å². The molecule has 1 N–H and O–H groups in total. The Hall–Kier alpha value is -1.09. The predicted molar refractivity (Wildman–Crippen MR) is 68.8 cm³/mol. The Bertz CT molecular complexity index is 406. The Kier molecular flexibility index (Phi) is 4.00. The molecule has 3 heteroatoms. The predicted octanol–water partition coefficient (Wildman–Crippen LogP) is 3.14. The number of rotatable bonds is 3. The highest BCUT2D eigenvalue weighted by molar-refractivity contribution is 5.22. The minimum Gasteiger partial charge on any atom is -0.382 e. The van der Waals surface area contributed by atoms with E-state index in [1.807, 2.05) is 17.7 Å². The number of allylic oxidation sites excluding steroid dienone is 1. The second-order valence-electron chi connectivity index (χ2n) is 4.81. The van der Waals surface area contributed by atoms with E-state index >= 15 is 0 Å². The van der Waals surface area contributed by atoms with E-state index in [-0.39, 0.29) is 0 Å². The molecule has 17 heavy (non-hydrogen) atoms. The molecule has 0 fully saturated rings. The molecular formula is C14H22N2O. The summed E-state index contributed by atoms with van der Waals surface area (Å²) in [4.78, 5) is 0. The largest absolute Gasteiger partial charge is 0.382 e. The maximum atomic E-state index is 10.5. The van der Waals surface area contributed by atoms with Gasteiger partial charge >= 0.3 is 0 Å². The average Bonchev–Trinajstić information content (AvgIpc) is 2.55. The fourth-order valence-corrected chi connectivity index (χ4v) is 2.52. The van der Waals surface area contributed by atoms with Gasteiger partial charge < -0.3 is 5.11 Å². The molecular weight excluding hydrogens is 212 g/mol. The standard InChI is InChI=1S/C14H22N2O/c1-3-16-13(10-11(2)15-16)14(17)12-8-6-4-5-7-9-12/h8,10,14,17H,3-7,9H2,1-2H3. The Morgan fingerprint density at radius 3 is 3.00 bits per heavy atom. The quantitative estimate of drug-likeness (QED) is 0.816. The van der Waals surface area contributed by atoms with Gasteiger partial charge in [-0.1, -0.05) is 12.5 Å². The number of hydrogen-bond acceptors (Lipinski definition) is 2. The van der Waals surface area contributed by atoms with Crippen LogP contribution in [0.2, 0.25) is 0 Å². The van der Waals surface area contributed by atoms with Gasteiger partial charge in [0.15, 0.2) is 0 Å². The van der Waals surface area contributed by atoms with E-state index in [0.29, 0.717) is 0 Å². The summed E-state index contributed by atoms with van der Waals surface area (Å²) in [5.74, 6) is 0. The van der Waals surface area contributed by atoms with Crippen LogP contribution in [0, 0.1) is 6.92 Å². The fourth-order valence-electron chi connectivity index (χ4n) is 2.52. The molecule has 2 rings (SSSR count). The molecule has 0 bridgehead atoms. The molecule has 0 saturated heterocycles. The van der Waals surface area contributed by atoms with Gasteiger partial charge in [0.2, 0.25) is 0 Å². The molecule has 94 valence electrons. The van der Waals surface area contributed by atoms with E-state index in [2.05, 4.69) is 18.1 Å². The van der Waals surface area contributed by atoms with E-state index < -0.39 is 6.10 Å². The van der Waals surface area contributed by atoms with E-state index in [4.69, 9.17) is 0 Å². The second-order valence-corrected chi connectivity index (χ2v) is 4.81. The number of aliphatic hydroxyl groups excluding tert-OH is 1. The summed E-state index contributed by atoms with van der Waals surface area (Å²) in [5.41, 5.74) is 3.10. The van der Waals surface area contributed by atoms with Crippen LogP contribution in [0.3, 0.4) is 0 Å². The summed E-state index contributed by atoms with van der Waals surface area (Å²) in [5, 5.41) is 14.9. The molecule has 1 aromatic heterocycles. The maximum absolute atomic E-state index is 10.5. The van der Waals surface area contributed by atoms with Crippen molar-refractivity contribution < 1.29 is 5.11 Å². The summed E-state index contributed by atoms with van der Waals surface area (Å²) in [6.45, 7) is 4.85. The molecule has 3 nitrogen and oxygen atoms in total. The zero-order valence-corrected chi connectivity index (χ0v) is 10.8. The first-order valence-electron chi connectivity index (χ1n) is 6.63. The van der Waals surface area contributed by atoms with Crippen molar-refractivity contribution in [1.29, 1.82) is 0 Å². The third kappa shape index (κ3) is 2.78. The van der Waals surface area contributed by atoms with Gasteiger partial charge in [0, 0.05) is 6.54 Å². The number of aryl methyl sites for hydroxylation is 2. The van der Waals surface area contributed by atoms with Gasteiger partial charge in [0.1, 0.15) is 6.10 Å². The molecule has 0 aliphatic heterocycles. The van der Waals surface area contributed by atoms with E-state index in [1.54, 1.807) is 0 Å². The van der Waals surface area contributed by atoms with Gasteiger partial charge in [-0.25, -0.2) is 0 Å². The monoisotopic (exact) mass is 234 g/mol. The zero-order chi connectivity index (χ0) is 12.3. The first-order chi connectivity index (χ1) is 8.22. The third-order valence-corrected chi connectivity index (χ3v) is 3.44. The Morgan fingerprint density at radius 2 is 2.24 bits per heavy atom. The zero-order valence-electron chi connectivity index (χ0n) is 10.8. The highest BCUT2D eigenvalue weighted by Crippen LogP contribution is 2.29. The van der Waals surface area contributed by atoms with Gasteiger partial charge in [0.25, 0.3) is 0 Å². The highest BCUT2D eigenvalue weighted by atomic mass is 16.3. The van der Waals surface area contributed by atoms with Crippen LogP contribution in [0.25, 0.3) is 0 Å². The molecule has 1 aliphatic rings. The topological polar surface area (TPSA) is 38.0 Å². The molecule has 1 atom stereocenters. The van der Waals surface area contributed by atoms with E-state index in [1.165, 1.54) is 24.8 Å². The molecule has 0 spiro atoms. The average molecular weight is 234 g/mol. The molecule has 0 radical (unpaired) electrons. The Morgan fingerprint density at radius 1 is 1.41 bits per heavy atom. The van der Waals surface area contributed by atoms with Crippen molar-refractivity contribution in [2.24, 2.45) is 0 Å². The summed E-state index contributed by atoms with van der Waals surface area (Å²) in [6, 6.07) is 2.00. The summed E-state index contributed by atoms with van der Waals surface area (Å²) < 4.78 is 1.91. The van der Waals surface area contributed by atoms with Gasteiger partial charge in [-0.2, -0.15) is 5.10 Å². The molecule has 0 aromatic carbocycles. The van der Waals surface area contributed by atoms with Crippen LogP contribution in [0.15, 0.2) is 17.7 Å². The number of aliphatic hydroxyl groups is 1. The molecule has 1 aromatic rings. The van der Waals surface area contributed by atoms with Crippen molar-refractivity contribution in [2.45, 2.75) is 58.6 Å². The smallest absolute Gasteiger partial charge is 0.117 e. The molecule has 0 amide bonds. The van der Waals surface area contributed by atoms with Crippen molar-refractivity contribution in [2.75, 3.05) is 0 Å². The van der Waals surface area contributed by atoms with Crippen LogP contribution in [-0.2, 0) is 6.54 Å². The van der Waals surface area contributed by atoms with Crippen LogP contribution >= 0.6 is 0 Å².